The lowest BCUT2D eigenvalue weighted by Crippen LogP contribution is -2.03. The van der Waals surface area contributed by atoms with Gasteiger partial charge in [-0.2, -0.15) is 21.0 Å². The summed E-state index contributed by atoms with van der Waals surface area (Å²) in [5.41, 5.74) is 0.875. The van der Waals surface area contributed by atoms with Crippen molar-refractivity contribution in [2.24, 2.45) is 0 Å². The minimum Gasteiger partial charge on any atom is -0.435 e. The van der Waals surface area contributed by atoms with Crippen molar-refractivity contribution in [1.29, 1.82) is 21.0 Å². The lowest BCUT2D eigenvalue weighted by atomic mass is 10.1. The summed E-state index contributed by atoms with van der Waals surface area (Å²) in [6.45, 7) is 0. The zero-order valence-corrected chi connectivity index (χ0v) is 12.8. The average molecular weight is 336 g/mol. The summed E-state index contributed by atoms with van der Waals surface area (Å²) in [5.74, 6) is 0. The van der Waals surface area contributed by atoms with Crippen LogP contribution < -0.4 is 11.1 Å². The van der Waals surface area contributed by atoms with Gasteiger partial charge in [0, 0.05) is 0 Å². The van der Waals surface area contributed by atoms with Gasteiger partial charge < -0.3 is 8.83 Å². The van der Waals surface area contributed by atoms with Gasteiger partial charge in [-0.05, 0) is 17.5 Å². The van der Waals surface area contributed by atoms with Crippen molar-refractivity contribution in [3.05, 3.63) is 35.4 Å². The molecule has 0 saturated carbocycles. The Labute approximate surface area is 144 Å². The van der Waals surface area contributed by atoms with Crippen LogP contribution in [0.3, 0.4) is 0 Å². The second-order valence-corrected chi connectivity index (χ2v) is 5.16. The van der Waals surface area contributed by atoms with Crippen LogP contribution in [0.4, 0.5) is 0 Å². The van der Waals surface area contributed by atoms with Gasteiger partial charge in [-0.1, -0.05) is 12.1 Å². The van der Waals surface area contributed by atoms with Crippen molar-refractivity contribution in [2.75, 3.05) is 0 Å². The molecule has 8 heteroatoms. The van der Waals surface area contributed by atoms with Crippen LogP contribution in [0, 0.1) is 45.3 Å². The first-order valence-corrected chi connectivity index (χ1v) is 7.18. The Bertz CT molecular complexity index is 1380. The summed E-state index contributed by atoms with van der Waals surface area (Å²) in [4.78, 5) is 8.42. The van der Waals surface area contributed by atoms with Crippen LogP contribution in [0.15, 0.2) is 33.1 Å². The van der Waals surface area contributed by atoms with E-state index >= 15 is 0 Å². The predicted molar refractivity (Wildman–Crippen MR) is 87.6 cm³/mol. The molecule has 0 aliphatic heterocycles. The number of hydrogen-bond donors (Lipinski definition) is 0. The first kappa shape index (κ1) is 14.9. The molecule has 2 aromatic carbocycles. The molecule has 0 bridgehead atoms. The number of nitrogens with zero attached hydrogens (tertiary/aromatic N) is 6. The Morgan fingerprint density at radius 1 is 0.769 bits per heavy atom. The summed E-state index contributed by atoms with van der Waals surface area (Å²) < 4.78 is 11.1. The molecule has 0 amide bonds. The molecule has 0 fully saturated rings. The monoisotopic (exact) mass is 336 g/mol. The van der Waals surface area contributed by atoms with Crippen LogP contribution in [-0.4, -0.2) is 9.97 Å². The van der Waals surface area contributed by atoms with Crippen molar-refractivity contribution < 1.29 is 8.83 Å². The molecule has 26 heavy (non-hydrogen) atoms. The van der Waals surface area contributed by atoms with Crippen LogP contribution in [0.25, 0.3) is 44.1 Å². The Morgan fingerprint density at radius 3 is 2.04 bits per heavy atom. The lowest BCUT2D eigenvalue weighted by molar-refractivity contribution is 0.559. The highest BCUT2D eigenvalue weighted by molar-refractivity contribution is 6.15. The highest BCUT2D eigenvalue weighted by atomic mass is 16.3. The molecule has 4 aromatic rings. The van der Waals surface area contributed by atoms with Gasteiger partial charge in [0.1, 0.15) is 35.3 Å². The average Bonchev–Trinajstić information content (AvgIpc) is 3.27. The molecule has 0 saturated heterocycles. The smallest absolute Gasteiger partial charge is 0.249 e. The standard InChI is InChI=1S/C18H4N6O2/c19-5-10(6-20)17-23-12-3-1-9-2-4-13-15(14(9)16(12)26-17)24-18(25-13)11(7-21)8-22/h1-4H. The van der Waals surface area contributed by atoms with E-state index in [4.69, 9.17) is 29.9 Å². The Hall–Kier alpha value is -4.66. The molecule has 2 aromatic heterocycles. The van der Waals surface area contributed by atoms with Crippen LogP contribution in [0.1, 0.15) is 0 Å². The lowest BCUT2D eigenvalue weighted by Gasteiger charge is -1.97. The van der Waals surface area contributed by atoms with Crippen LogP contribution in [0.2, 0.25) is 0 Å². The topological polar surface area (TPSA) is 147 Å². The number of fused-ring (bicyclic) bond motifs is 5. The van der Waals surface area contributed by atoms with E-state index < -0.39 is 0 Å². The number of aromatic nitrogens is 2. The molecule has 0 spiro atoms. The second-order valence-electron chi connectivity index (χ2n) is 5.16. The highest BCUT2D eigenvalue weighted by Crippen LogP contribution is 2.29. The number of benzene rings is 2. The highest BCUT2D eigenvalue weighted by Gasteiger charge is 2.15. The molecule has 0 aliphatic rings. The SMILES string of the molecule is N#CC(C#N)=c1nc2c(ccc3ccc4nc(=C(C#N)C#N)oc4c32)o1. The van der Waals surface area contributed by atoms with Crippen molar-refractivity contribution in [1.82, 2.24) is 9.97 Å². The molecule has 118 valence electrons. The van der Waals surface area contributed by atoms with E-state index in [1.807, 2.05) is 0 Å². The van der Waals surface area contributed by atoms with E-state index in [-0.39, 0.29) is 22.2 Å². The van der Waals surface area contributed by atoms with E-state index in [0.717, 1.165) is 5.39 Å². The van der Waals surface area contributed by atoms with Crippen LogP contribution >= 0.6 is 0 Å². The normalized spacial score (nSPS) is 10.2. The van der Waals surface area contributed by atoms with Crippen molar-refractivity contribution >= 4 is 44.1 Å². The van der Waals surface area contributed by atoms with E-state index in [2.05, 4.69) is 9.97 Å². The zero-order chi connectivity index (χ0) is 18.3. The molecule has 2 heterocycles. The molecule has 0 atom stereocenters. The van der Waals surface area contributed by atoms with Gasteiger partial charge in [0.2, 0.25) is 11.1 Å². The van der Waals surface area contributed by atoms with Crippen molar-refractivity contribution in [3.8, 4) is 24.3 Å². The summed E-state index contributed by atoms with van der Waals surface area (Å²) >= 11 is 0. The second kappa shape index (κ2) is 5.46. The molecule has 0 radical (unpaired) electrons. The molecule has 8 nitrogen and oxygen atoms in total. The molecule has 0 aliphatic carbocycles. The van der Waals surface area contributed by atoms with Gasteiger partial charge in [-0.25, -0.2) is 9.97 Å². The Kier molecular flexibility index (Phi) is 3.13. The third-order valence-corrected chi connectivity index (χ3v) is 3.77. The maximum Gasteiger partial charge on any atom is 0.249 e. The van der Waals surface area contributed by atoms with E-state index in [1.165, 1.54) is 0 Å². The molecular formula is C18H4N6O2. The number of nitriles is 4. The summed E-state index contributed by atoms with van der Waals surface area (Å²) in [7, 11) is 0. The summed E-state index contributed by atoms with van der Waals surface area (Å²) in [6.07, 6.45) is 0. The number of hydrogen-bond acceptors (Lipinski definition) is 8. The van der Waals surface area contributed by atoms with Gasteiger partial charge in [0.15, 0.2) is 22.3 Å². The van der Waals surface area contributed by atoms with Gasteiger partial charge in [-0.3, -0.25) is 0 Å². The van der Waals surface area contributed by atoms with Crippen molar-refractivity contribution in [3.63, 3.8) is 0 Å². The van der Waals surface area contributed by atoms with E-state index in [1.54, 1.807) is 48.5 Å². The minimum atomic E-state index is -0.246. The van der Waals surface area contributed by atoms with Crippen molar-refractivity contribution in [2.45, 2.75) is 0 Å². The zero-order valence-electron chi connectivity index (χ0n) is 12.8. The summed E-state index contributed by atoms with van der Waals surface area (Å²) in [6, 6.07) is 13.9. The number of oxazole rings is 2. The first-order chi connectivity index (χ1) is 12.7. The summed E-state index contributed by atoms with van der Waals surface area (Å²) in [5, 5.41) is 37.3. The number of rotatable bonds is 0. The maximum atomic E-state index is 9.01. The van der Waals surface area contributed by atoms with E-state index in [0.29, 0.717) is 27.6 Å². The van der Waals surface area contributed by atoms with Crippen LogP contribution in [0.5, 0.6) is 0 Å². The first-order valence-electron chi connectivity index (χ1n) is 7.18. The van der Waals surface area contributed by atoms with E-state index in [9.17, 15) is 0 Å². The third-order valence-electron chi connectivity index (χ3n) is 3.77. The quantitative estimate of drug-likeness (QED) is 0.469. The Balaban J connectivity index is 2.26. The third kappa shape index (κ3) is 1.98. The molecule has 4 rings (SSSR count). The Morgan fingerprint density at radius 2 is 1.38 bits per heavy atom. The fraction of sp³-hybridized carbons (Fsp3) is 0. The maximum absolute atomic E-state index is 9.01. The van der Waals surface area contributed by atoms with Crippen LogP contribution in [-0.2, 0) is 0 Å². The largest absolute Gasteiger partial charge is 0.435 e. The van der Waals surface area contributed by atoms with Gasteiger partial charge >= 0.3 is 0 Å². The van der Waals surface area contributed by atoms with Gasteiger partial charge in [0.05, 0.1) is 5.39 Å². The predicted octanol–water partition coefficient (Wildman–Crippen LogP) is 1.52. The fourth-order valence-corrected chi connectivity index (χ4v) is 2.63. The molecule has 0 N–H and O–H groups in total. The van der Waals surface area contributed by atoms with Gasteiger partial charge in [-0.15, -0.1) is 0 Å². The molecular weight excluding hydrogens is 332 g/mol. The van der Waals surface area contributed by atoms with Gasteiger partial charge in [0.25, 0.3) is 0 Å². The fourth-order valence-electron chi connectivity index (χ4n) is 2.63. The minimum absolute atomic E-state index is 0.0838. The molecule has 0 unspecified atom stereocenters.